The molecule has 0 spiro atoms. The van der Waals surface area contributed by atoms with Crippen molar-refractivity contribution in [1.29, 1.82) is 0 Å². The first-order chi connectivity index (χ1) is 15.4. The van der Waals surface area contributed by atoms with Crippen molar-refractivity contribution in [1.82, 2.24) is 14.6 Å². The highest BCUT2D eigenvalue weighted by atomic mass is 32.1. The van der Waals surface area contributed by atoms with E-state index in [1.54, 1.807) is 18.2 Å². The fraction of sp³-hybridized carbons (Fsp3) is 0.400. The summed E-state index contributed by atoms with van der Waals surface area (Å²) in [6.07, 6.45) is 1.82. The van der Waals surface area contributed by atoms with Gasteiger partial charge in [-0.1, -0.05) is 6.07 Å². The molecule has 1 aromatic heterocycles. The standard InChI is InChI=1S/C20H23N5O6S/c21-16-17(19(22)27)24-32-18(16)20(28)25(9-15(26)23-7-12-2-1-5-29-12)8-11-3-4-13-14(6-11)31-10-30-13/h3-4,6,12H,1-2,5,7-10,21H2,(H2,22,27)(H,23,26). The van der Waals surface area contributed by atoms with E-state index in [4.69, 9.17) is 25.7 Å². The highest BCUT2D eigenvalue weighted by Gasteiger charge is 2.27. The first-order valence-electron chi connectivity index (χ1n) is 10.0. The molecule has 0 bridgehead atoms. The van der Waals surface area contributed by atoms with Crippen LogP contribution in [0.4, 0.5) is 5.69 Å². The first-order valence-corrected chi connectivity index (χ1v) is 10.8. The molecule has 1 fully saturated rings. The van der Waals surface area contributed by atoms with Gasteiger partial charge in [-0.25, -0.2) is 0 Å². The lowest BCUT2D eigenvalue weighted by atomic mass is 10.1. The molecule has 11 nitrogen and oxygen atoms in total. The monoisotopic (exact) mass is 461 g/mol. The molecule has 5 N–H and O–H groups in total. The smallest absolute Gasteiger partial charge is 0.270 e. The van der Waals surface area contributed by atoms with E-state index in [1.807, 2.05) is 0 Å². The number of hydrogen-bond acceptors (Lipinski definition) is 9. The number of nitrogens with zero attached hydrogens (tertiary/aromatic N) is 2. The van der Waals surface area contributed by atoms with Gasteiger partial charge in [-0.05, 0) is 42.1 Å². The van der Waals surface area contributed by atoms with Crippen molar-refractivity contribution in [2.24, 2.45) is 5.73 Å². The fourth-order valence-corrected chi connectivity index (χ4v) is 4.27. The van der Waals surface area contributed by atoms with Crippen LogP contribution in [0.1, 0.15) is 38.6 Å². The van der Waals surface area contributed by atoms with Crippen molar-refractivity contribution in [3.05, 3.63) is 34.3 Å². The maximum absolute atomic E-state index is 13.2. The average molecular weight is 462 g/mol. The SMILES string of the molecule is NC(=O)c1nsc(C(=O)N(CC(=O)NCC2CCCO2)Cc2ccc3c(c2)OCO3)c1N. The molecule has 2 aliphatic heterocycles. The number of nitrogens with one attached hydrogen (secondary N) is 1. The van der Waals surface area contributed by atoms with Crippen LogP contribution in [0.2, 0.25) is 0 Å². The Balaban J connectivity index is 1.52. The normalized spacial score (nSPS) is 16.7. The van der Waals surface area contributed by atoms with Crippen molar-refractivity contribution in [3.8, 4) is 11.5 Å². The topological polar surface area (TPSA) is 159 Å². The number of anilines is 1. The van der Waals surface area contributed by atoms with E-state index < -0.39 is 11.8 Å². The van der Waals surface area contributed by atoms with Gasteiger partial charge in [0.1, 0.15) is 11.4 Å². The van der Waals surface area contributed by atoms with Gasteiger partial charge in [0.15, 0.2) is 17.2 Å². The quantitative estimate of drug-likeness (QED) is 0.512. The number of rotatable bonds is 8. The van der Waals surface area contributed by atoms with Crippen molar-refractivity contribution < 1.29 is 28.6 Å². The van der Waals surface area contributed by atoms with Gasteiger partial charge in [-0.3, -0.25) is 14.4 Å². The summed E-state index contributed by atoms with van der Waals surface area (Å²) < 4.78 is 20.1. The van der Waals surface area contributed by atoms with Crippen LogP contribution in [-0.2, 0) is 16.1 Å². The number of ether oxygens (including phenoxy) is 3. The minimum absolute atomic E-state index is 0.0211. The Bertz CT molecular complexity index is 1040. The summed E-state index contributed by atoms with van der Waals surface area (Å²) >= 11 is 0.769. The highest BCUT2D eigenvalue weighted by Crippen LogP contribution is 2.33. The molecule has 2 aliphatic rings. The minimum atomic E-state index is -0.825. The molecule has 3 amide bonds. The third-order valence-corrected chi connectivity index (χ3v) is 5.99. The Morgan fingerprint density at radius 1 is 1.25 bits per heavy atom. The van der Waals surface area contributed by atoms with Crippen LogP contribution in [0.15, 0.2) is 18.2 Å². The summed E-state index contributed by atoms with van der Waals surface area (Å²) in [5.41, 5.74) is 11.7. The van der Waals surface area contributed by atoms with Crippen LogP contribution in [0, 0.1) is 0 Å². The predicted octanol–water partition coefficient (Wildman–Crippen LogP) is 0.491. The molecule has 4 rings (SSSR count). The van der Waals surface area contributed by atoms with E-state index in [0.717, 1.165) is 29.9 Å². The van der Waals surface area contributed by atoms with Gasteiger partial charge in [-0.15, -0.1) is 0 Å². The zero-order valence-electron chi connectivity index (χ0n) is 17.2. The van der Waals surface area contributed by atoms with E-state index >= 15 is 0 Å². The number of primary amides is 1. The number of hydrogen-bond donors (Lipinski definition) is 3. The van der Waals surface area contributed by atoms with Crippen LogP contribution in [0.3, 0.4) is 0 Å². The molecule has 1 aromatic carbocycles. The highest BCUT2D eigenvalue weighted by molar-refractivity contribution is 7.09. The van der Waals surface area contributed by atoms with Crippen molar-refractivity contribution in [2.45, 2.75) is 25.5 Å². The van der Waals surface area contributed by atoms with Gasteiger partial charge in [0.05, 0.1) is 11.8 Å². The average Bonchev–Trinajstić information content (AvgIpc) is 3.51. The molecule has 170 valence electrons. The second-order valence-corrected chi connectivity index (χ2v) is 8.20. The van der Waals surface area contributed by atoms with Gasteiger partial charge >= 0.3 is 0 Å². The molecule has 1 atom stereocenters. The Morgan fingerprint density at radius 2 is 2.06 bits per heavy atom. The molecule has 1 unspecified atom stereocenters. The van der Waals surface area contributed by atoms with Gasteiger partial charge in [0, 0.05) is 19.7 Å². The van der Waals surface area contributed by atoms with Crippen molar-refractivity contribution in [3.63, 3.8) is 0 Å². The van der Waals surface area contributed by atoms with Crippen LogP contribution in [-0.4, -0.2) is 59.6 Å². The van der Waals surface area contributed by atoms with Crippen molar-refractivity contribution in [2.75, 3.05) is 32.2 Å². The number of fused-ring (bicyclic) bond motifs is 1. The molecule has 1 saturated heterocycles. The number of amides is 3. The molecule has 32 heavy (non-hydrogen) atoms. The van der Waals surface area contributed by atoms with Crippen LogP contribution < -0.4 is 26.3 Å². The third-order valence-electron chi connectivity index (χ3n) is 5.14. The summed E-state index contributed by atoms with van der Waals surface area (Å²) in [5, 5.41) is 2.81. The lowest BCUT2D eigenvalue weighted by molar-refractivity contribution is -0.122. The first kappa shape index (κ1) is 21.8. The molecule has 0 aliphatic carbocycles. The van der Waals surface area contributed by atoms with Gasteiger partial charge in [-0.2, -0.15) is 4.37 Å². The van der Waals surface area contributed by atoms with Crippen LogP contribution in [0.25, 0.3) is 0 Å². The summed E-state index contributed by atoms with van der Waals surface area (Å²) in [5.74, 6) is -0.524. The van der Waals surface area contributed by atoms with Gasteiger partial charge in [0.2, 0.25) is 12.7 Å². The molecule has 3 heterocycles. The minimum Gasteiger partial charge on any atom is -0.454 e. The van der Waals surface area contributed by atoms with Crippen molar-refractivity contribution >= 4 is 34.9 Å². The number of aromatic nitrogens is 1. The number of benzene rings is 1. The number of carbonyl (C=O) groups excluding carboxylic acids is 3. The number of nitrogens with two attached hydrogens (primary N) is 2. The van der Waals surface area contributed by atoms with E-state index in [0.29, 0.717) is 24.7 Å². The summed E-state index contributed by atoms with van der Waals surface area (Å²) in [6.45, 7) is 1.07. The van der Waals surface area contributed by atoms with E-state index in [9.17, 15) is 14.4 Å². The molecule has 2 aromatic rings. The zero-order valence-corrected chi connectivity index (χ0v) is 18.0. The number of nitrogen functional groups attached to an aromatic ring is 1. The predicted molar refractivity (Wildman–Crippen MR) is 114 cm³/mol. The zero-order chi connectivity index (χ0) is 22.7. The molecule has 0 radical (unpaired) electrons. The van der Waals surface area contributed by atoms with E-state index in [2.05, 4.69) is 9.69 Å². The van der Waals surface area contributed by atoms with Crippen LogP contribution in [0.5, 0.6) is 11.5 Å². The molecule has 12 heteroatoms. The van der Waals surface area contributed by atoms with Gasteiger partial charge in [0.25, 0.3) is 11.8 Å². The lowest BCUT2D eigenvalue weighted by Crippen LogP contribution is -2.42. The molecular formula is C20H23N5O6S. The molecular weight excluding hydrogens is 438 g/mol. The maximum atomic E-state index is 13.2. The Kier molecular flexibility index (Phi) is 6.42. The fourth-order valence-electron chi connectivity index (χ4n) is 3.49. The lowest BCUT2D eigenvalue weighted by Gasteiger charge is -2.22. The number of carbonyl (C=O) groups is 3. The summed E-state index contributed by atoms with van der Waals surface area (Å²) in [4.78, 5) is 38.7. The van der Waals surface area contributed by atoms with Crippen LogP contribution >= 0.6 is 11.5 Å². The maximum Gasteiger partial charge on any atom is 0.270 e. The molecule has 0 saturated carbocycles. The second kappa shape index (κ2) is 9.40. The Labute approximate surface area is 187 Å². The van der Waals surface area contributed by atoms with E-state index in [1.165, 1.54) is 4.90 Å². The largest absolute Gasteiger partial charge is 0.454 e. The summed E-state index contributed by atoms with van der Waals surface area (Å²) in [6, 6.07) is 5.27. The Hall–Kier alpha value is -3.38. The third kappa shape index (κ3) is 4.75. The van der Waals surface area contributed by atoms with Gasteiger partial charge < -0.3 is 35.9 Å². The summed E-state index contributed by atoms with van der Waals surface area (Å²) in [7, 11) is 0. The van der Waals surface area contributed by atoms with E-state index in [-0.39, 0.29) is 48.2 Å². The second-order valence-electron chi connectivity index (χ2n) is 7.43. The Morgan fingerprint density at radius 3 is 2.78 bits per heavy atom.